The maximum Gasteiger partial charge on any atom is 0.438 e. The molecule has 0 saturated carbocycles. The van der Waals surface area contributed by atoms with Gasteiger partial charge in [0.05, 0.1) is 33.4 Å². The minimum atomic E-state index is -5.07. The molecule has 1 aromatic heterocycles. The van der Waals surface area contributed by atoms with Gasteiger partial charge in [-0.05, 0) is 25.1 Å². The van der Waals surface area contributed by atoms with Crippen LogP contribution in [0.2, 0.25) is 10.0 Å². The quantitative estimate of drug-likeness (QED) is 0.781. The first-order chi connectivity index (χ1) is 12.6. The van der Waals surface area contributed by atoms with E-state index in [1.165, 1.54) is 12.1 Å². The Morgan fingerprint density at radius 1 is 1.33 bits per heavy atom. The number of alkyl halides is 3. The fourth-order valence-corrected chi connectivity index (χ4v) is 3.97. The van der Waals surface area contributed by atoms with Crippen molar-refractivity contribution in [2.75, 3.05) is 13.1 Å². The molecule has 4 rings (SSSR count). The molecule has 11 heteroatoms. The molecule has 1 fully saturated rings. The van der Waals surface area contributed by atoms with Crippen molar-refractivity contribution in [3.05, 3.63) is 28.0 Å². The Hall–Kier alpha value is -1.84. The number of amides is 1. The molecular formula is C16H13Cl2F3N4O2. The molecule has 2 aliphatic heterocycles. The highest BCUT2D eigenvalue weighted by Gasteiger charge is 2.67. The number of carbonyl (C=O) groups excluding carboxylic acids is 2. The van der Waals surface area contributed by atoms with E-state index >= 15 is 0 Å². The Morgan fingerprint density at radius 2 is 2.04 bits per heavy atom. The lowest BCUT2D eigenvalue weighted by Gasteiger charge is -2.34. The van der Waals surface area contributed by atoms with Crippen LogP contribution in [0, 0.1) is 5.92 Å². The van der Waals surface area contributed by atoms with Gasteiger partial charge in [-0.2, -0.15) is 13.2 Å². The number of nitrogens with one attached hydrogen (secondary N) is 2. The van der Waals surface area contributed by atoms with Gasteiger partial charge in [-0.3, -0.25) is 14.2 Å². The van der Waals surface area contributed by atoms with Crippen molar-refractivity contribution in [2.24, 2.45) is 5.92 Å². The first-order valence-electron chi connectivity index (χ1n) is 8.15. The number of halogens is 5. The van der Waals surface area contributed by atoms with Gasteiger partial charge in [0, 0.05) is 6.54 Å². The molecule has 27 heavy (non-hydrogen) atoms. The molecule has 2 aromatic rings. The van der Waals surface area contributed by atoms with E-state index in [1.54, 1.807) is 0 Å². The van der Waals surface area contributed by atoms with E-state index in [9.17, 15) is 22.8 Å². The third-order valence-corrected chi connectivity index (χ3v) is 5.69. The van der Waals surface area contributed by atoms with Crippen molar-refractivity contribution >= 4 is 45.9 Å². The van der Waals surface area contributed by atoms with Crippen LogP contribution in [0.3, 0.4) is 0 Å². The highest BCUT2D eigenvalue weighted by molar-refractivity contribution is 6.42. The van der Waals surface area contributed by atoms with E-state index in [0.29, 0.717) is 13.0 Å². The summed E-state index contributed by atoms with van der Waals surface area (Å²) < 4.78 is 43.4. The van der Waals surface area contributed by atoms with Crippen molar-refractivity contribution in [1.82, 2.24) is 20.2 Å². The van der Waals surface area contributed by atoms with Gasteiger partial charge in [0.25, 0.3) is 5.66 Å². The monoisotopic (exact) mass is 420 g/mol. The third-order valence-electron chi connectivity index (χ3n) is 4.97. The number of aromatic nitrogens is 2. The summed E-state index contributed by atoms with van der Waals surface area (Å²) in [7, 11) is 0. The normalized spacial score (nSPS) is 25.2. The van der Waals surface area contributed by atoms with Crippen LogP contribution in [0.4, 0.5) is 13.2 Å². The van der Waals surface area contributed by atoms with Gasteiger partial charge in [0.1, 0.15) is 5.82 Å². The molecule has 0 radical (unpaired) electrons. The molecule has 1 saturated heterocycles. The van der Waals surface area contributed by atoms with Crippen molar-refractivity contribution in [1.29, 1.82) is 0 Å². The van der Waals surface area contributed by atoms with E-state index in [4.69, 9.17) is 23.2 Å². The fourth-order valence-electron chi connectivity index (χ4n) is 3.65. The summed E-state index contributed by atoms with van der Waals surface area (Å²) in [5.41, 5.74) is -3.07. The van der Waals surface area contributed by atoms with Crippen LogP contribution in [0.15, 0.2) is 12.1 Å². The molecule has 2 unspecified atom stereocenters. The second kappa shape index (κ2) is 6.08. The van der Waals surface area contributed by atoms with Crippen molar-refractivity contribution in [2.45, 2.75) is 24.7 Å². The molecule has 144 valence electrons. The number of hydrogen-bond donors (Lipinski definition) is 2. The van der Waals surface area contributed by atoms with Gasteiger partial charge >= 0.3 is 6.18 Å². The zero-order valence-corrected chi connectivity index (χ0v) is 15.2. The second-order valence-electron chi connectivity index (χ2n) is 6.61. The topological polar surface area (TPSA) is 76.0 Å². The van der Waals surface area contributed by atoms with E-state index in [1.807, 2.05) is 5.32 Å². The number of imidazole rings is 1. The number of carbonyl (C=O) groups is 2. The molecule has 3 heterocycles. The van der Waals surface area contributed by atoms with Crippen molar-refractivity contribution in [3.8, 4) is 0 Å². The van der Waals surface area contributed by atoms with Crippen molar-refractivity contribution < 1.29 is 22.8 Å². The molecule has 1 amide bonds. The Labute approximate surface area is 161 Å². The Balaban J connectivity index is 1.91. The zero-order chi connectivity index (χ0) is 19.6. The summed E-state index contributed by atoms with van der Waals surface area (Å²) >= 11 is 11.9. The van der Waals surface area contributed by atoms with Gasteiger partial charge < -0.3 is 10.6 Å². The van der Waals surface area contributed by atoms with Crippen LogP contribution in [0.1, 0.15) is 12.2 Å². The fraction of sp³-hybridized carbons (Fsp3) is 0.438. The smallest absolute Gasteiger partial charge is 0.319 e. The van der Waals surface area contributed by atoms with Gasteiger partial charge in [-0.25, -0.2) is 4.98 Å². The Bertz CT molecular complexity index is 969. The average Bonchev–Trinajstić information content (AvgIpc) is 3.25. The molecule has 6 nitrogen and oxygen atoms in total. The number of rotatable bonds is 2. The Morgan fingerprint density at radius 3 is 2.67 bits per heavy atom. The summed E-state index contributed by atoms with van der Waals surface area (Å²) in [6.07, 6.45) is -5.24. The summed E-state index contributed by atoms with van der Waals surface area (Å²) in [6, 6.07) is 2.55. The van der Waals surface area contributed by atoms with E-state index in [2.05, 4.69) is 10.3 Å². The number of fused-ring (bicyclic) bond motifs is 3. The second-order valence-corrected chi connectivity index (χ2v) is 7.42. The van der Waals surface area contributed by atoms with Gasteiger partial charge in [-0.15, -0.1) is 0 Å². The Kier molecular flexibility index (Phi) is 4.17. The van der Waals surface area contributed by atoms with Crippen molar-refractivity contribution in [3.63, 3.8) is 0 Å². The summed E-state index contributed by atoms with van der Waals surface area (Å²) in [6.45, 7) is 0.783. The summed E-state index contributed by atoms with van der Waals surface area (Å²) in [5, 5.41) is 5.06. The average molecular weight is 421 g/mol. The first-order valence-corrected chi connectivity index (χ1v) is 8.90. The lowest BCUT2D eigenvalue weighted by molar-refractivity contribution is -0.219. The maximum absolute atomic E-state index is 14.2. The number of hydrogen-bond acceptors (Lipinski definition) is 4. The molecule has 2 N–H and O–H groups in total. The van der Waals surface area contributed by atoms with Crippen LogP contribution in [0.5, 0.6) is 0 Å². The van der Waals surface area contributed by atoms with Gasteiger partial charge in [0.2, 0.25) is 5.91 Å². The number of nitrogens with zero attached hydrogens (tertiary/aromatic N) is 2. The lowest BCUT2D eigenvalue weighted by atomic mass is 10.0. The molecule has 0 bridgehead atoms. The van der Waals surface area contributed by atoms with Crippen LogP contribution >= 0.6 is 23.2 Å². The minimum Gasteiger partial charge on any atom is -0.319 e. The minimum absolute atomic E-state index is 0.0209. The maximum atomic E-state index is 14.2. The first kappa shape index (κ1) is 18.5. The highest BCUT2D eigenvalue weighted by Crippen LogP contribution is 2.44. The number of benzene rings is 1. The summed E-state index contributed by atoms with van der Waals surface area (Å²) in [5.74, 6) is -2.77. The third kappa shape index (κ3) is 2.63. The number of ketones is 1. The zero-order valence-electron chi connectivity index (χ0n) is 13.7. The molecule has 2 aliphatic rings. The van der Waals surface area contributed by atoms with Crippen LogP contribution in [-0.4, -0.2) is 40.5 Å². The molecule has 0 aliphatic carbocycles. The van der Waals surface area contributed by atoms with Crippen LogP contribution in [-0.2, 0) is 21.7 Å². The van der Waals surface area contributed by atoms with E-state index < -0.39 is 35.9 Å². The lowest BCUT2D eigenvalue weighted by Crippen LogP contribution is -2.63. The van der Waals surface area contributed by atoms with Crippen LogP contribution < -0.4 is 10.6 Å². The van der Waals surface area contributed by atoms with E-state index in [0.717, 1.165) is 4.57 Å². The SMILES string of the molecule is O=C(NC1(C(F)(F)F)C(=O)Cc2nc3cc(Cl)c(Cl)cc3n21)C1CCNC1. The molecular weight excluding hydrogens is 408 g/mol. The predicted molar refractivity (Wildman–Crippen MR) is 91.6 cm³/mol. The highest BCUT2D eigenvalue weighted by atomic mass is 35.5. The predicted octanol–water partition coefficient (Wildman–Crippen LogP) is 2.41. The molecule has 1 aromatic carbocycles. The summed E-state index contributed by atoms with van der Waals surface area (Å²) in [4.78, 5) is 29.1. The van der Waals surface area contributed by atoms with Crippen LogP contribution in [0.25, 0.3) is 11.0 Å². The molecule has 0 spiro atoms. The number of Topliss-reactive ketones (excluding diaryl/α,β-unsaturated/α-hetero) is 1. The standard InChI is InChI=1S/C16H13Cl2F3N4O2/c17-8-3-10-11(4-9(8)18)25-13(23-10)5-12(26)15(25,16(19,20)21)24-14(27)7-1-2-22-6-7/h3-4,7,22H,1-2,5-6H2,(H,24,27). The molecule has 2 atom stereocenters. The van der Waals surface area contributed by atoms with E-state index in [-0.39, 0.29) is 33.4 Å². The van der Waals surface area contributed by atoms with Gasteiger partial charge in [0.15, 0.2) is 5.78 Å². The largest absolute Gasteiger partial charge is 0.438 e. The van der Waals surface area contributed by atoms with Gasteiger partial charge in [-0.1, -0.05) is 23.2 Å².